The Morgan fingerprint density at radius 2 is 1.93 bits per heavy atom. The Kier molecular flexibility index (Phi) is 5.54. The van der Waals surface area contributed by atoms with Crippen molar-refractivity contribution < 1.29 is 14.5 Å². The molecule has 0 radical (unpaired) electrons. The number of piperazine rings is 1. The maximum atomic E-state index is 12.4. The zero-order valence-corrected chi connectivity index (χ0v) is 15.4. The second-order valence-corrected chi connectivity index (χ2v) is 6.56. The molecule has 0 N–H and O–H groups in total. The lowest BCUT2D eigenvalue weighted by molar-refractivity contribution is -0.389. The highest BCUT2D eigenvalue weighted by Crippen LogP contribution is 2.20. The lowest BCUT2D eigenvalue weighted by atomic mass is 10.1. The molecule has 1 aliphatic heterocycles. The lowest BCUT2D eigenvalue weighted by Gasteiger charge is -2.35. The van der Waals surface area contributed by atoms with Crippen LogP contribution >= 0.6 is 0 Å². The molecular weight excluding hydrogens is 348 g/mol. The Morgan fingerprint density at radius 3 is 2.56 bits per heavy atom. The predicted octanol–water partition coefficient (Wildman–Crippen LogP) is 2.33. The van der Waals surface area contributed by atoms with Gasteiger partial charge in [-0.1, -0.05) is 12.1 Å². The summed E-state index contributed by atoms with van der Waals surface area (Å²) in [7, 11) is 0. The Balaban J connectivity index is 1.51. The molecule has 0 unspecified atom stereocenters. The second kappa shape index (κ2) is 8.03. The molecule has 27 heavy (non-hydrogen) atoms. The van der Waals surface area contributed by atoms with Gasteiger partial charge in [-0.15, -0.1) is 0 Å². The Morgan fingerprint density at radius 1 is 1.19 bits per heavy atom. The van der Waals surface area contributed by atoms with Crippen LogP contribution < -0.4 is 9.64 Å². The number of pyridine rings is 1. The molecule has 0 atom stereocenters. The first kappa shape index (κ1) is 18.6. The number of carbonyl (C=O) groups is 1. The summed E-state index contributed by atoms with van der Waals surface area (Å²) in [4.78, 5) is 30.3. The number of rotatable bonds is 5. The number of benzene rings is 1. The van der Waals surface area contributed by atoms with Crippen LogP contribution in [0.1, 0.15) is 11.1 Å². The normalized spacial score (nSPS) is 14.1. The van der Waals surface area contributed by atoms with Crippen molar-refractivity contribution in [1.29, 1.82) is 0 Å². The van der Waals surface area contributed by atoms with Gasteiger partial charge in [0.2, 0.25) is 0 Å². The van der Waals surface area contributed by atoms with E-state index in [-0.39, 0.29) is 18.3 Å². The van der Waals surface area contributed by atoms with Crippen LogP contribution in [0.4, 0.5) is 11.5 Å². The molecule has 1 aromatic carbocycles. The predicted molar refractivity (Wildman–Crippen MR) is 101 cm³/mol. The standard InChI is InChI=1S/C19H22N4O4/c1-14-3-4-15(2)17(11-14)27-13-19(24)22-9-7-21(8-10-22)16-5-6-18(20-12-16)23(25)26/h3-6,11-12H,7-10,13H2,1-2H3. The molecule has 1 saturated heterocycles. The highest BCUT2D eigenvalue weighted by Gasteiger charge is 2.23. The van der Waals surface area contributed by atoms with Crippen molar-refractivity contribution in [2.24, 2.45) is 0 Å². The van der Waals surface area contributed by atoms with Crippen LogP contribution in [-0.4, -0.2) is 53.5 Å². The maximum Gasteiger partial charge on any atom is 0.363 e. The number of nitro groups is 1. The van der Waals surface area contributed by atoms with E-state index < -0.39 is 4.92 Å². The zero-order chi connectivity index (χ0) is 19.4. The number of aryl methyl sites for hydroxylation is 2. The van der Waals surface area contributed by atoms with E-state index in [0.29, 0.717) is 26.2 Å². The monoisotopic (exact) mass is 370 g/mol. The van der Waals surface area contributed by atoms with E-state index in [1.165, 1.54) is 12.3 Å². The van der Waals surface area contributed by atoms with Gasteiger partial charge in [0.25, 0.3) is 5.91 Å². The van der Waals surface area contributed by atoms with Crippen LogP contribution in [-0.2, 0) is 4.79 Å². The smallest absolute Gasteiger partial charge is 0.363 e. The van der Waals surface area contributed by atoms with Crippen LogP contribution in [0, 0.1) is 24.0 Å². The molecule has 1 amide bonds. The molecule has 0 bridgehead atoms. The Labute approximate surface area is 157 Å². The second-order valence-electron chi connectivity index (χ2n) is 6.56. The minimum absolute atomic E-state index is 0.0172. The van der Waals surface area contributed by atoms with Gasteiger partial charge in [-0.3, -0.25) is 4.79 Å². The SMILES string of the molecule is Cc1ccc(C)c(OCC(=O)N2CCN(c3ccc([N+](=O)[O-])nc3)CC2)c1. The first-order chi connectivity index (χ1) is 12.9. The van der Waals surface area contributed by atoms with E-state index in [1.807, 2.05) is 32.0 Å². The first-order valence-electron chi connectivity index (χ1n) is 8.77. The van der Waals surface area contributed by atoms with Crippen molar-refractivity contribution in [1.82, 2.24) is 9.88 Å². The van der Waals surface area contributed by atoms with Crippen molar-refractivity contribution in [3.8, 4) is 5.75 Å². The molecule has 142 valence electrons. The third kappa shape index (κ3) is 4.52. The summed E-state index contributed by atoms with van der Waals surface area (Å²) in [6.45, 7) is 6.40. The number of ether oxygens (including phenoxy) is 1. The van der Waals surface area contributed by atoms with Crippen LogP contribution in [0.2, 0.25) is 0 Å². The van der Waals surface area contributed by atoms with Gasteiger partial charge in [-0.05, 0) is 47.0 Å². The quantitative estimate of drug-likeness (QED) is 0.593. The molecule has 0 saturated carbocycles. The Hall–Kier alpha value is -3.16. The third-order valence-corrected chi connectivity index (χ3v) is 4.61. The van der Waals surface area contributed by atoms with Crippen LogP contribution in [0.15, 0.2) is 36.5 Å². The highest BCUT2D eigenvalue weighted by molar-refractivity contribution is 5.78. The summed E-state index contributed by atoms with van der Waals surface area (Å²) in [5, 5.41) is 10.7. The van der Waals surface area contributed by atoms with Gasteiger partial charge in [0.15, 0.2) is 12.8 Å². The van der Waals surface area contributed by atoms with Crippen LogP contribution in [0.5, 0.6) is 5.75 Å². The van der Waals surface area contributed by atoms with E-state index >= 15 is 0 Å². The number of carbonyl (C=O) groups excluding carboxylic acids is 1. The van der Waals surface area contributed by atoms with Crippen LogP contribution in [0.3, 0.4) is 0 Å². The fourth-order valence-electron chi connectivity index (χ4n) is 2.98. The third-order valence-electron chi connectivity index (χ3n) is 4.61. The molecule has 0 spiro atoms. The summed E-state index contributed by atoms with van der Waals surface area (Å²) >= 11 is 0. The van der Waals surface area contributed by atoms with Crippen molar-refractivity contribution in [2.45, 2.75) is 13.8 Å². The molecule has 3 rings (SSSR count). The van der Waals surface area contributed by atoms with Gasteiger partial charge in [0.05, 0.1) is 5.69 Å². The molecule has 2 aromatic rings. The van der Waals surface area contributed by atoms with E-state index in [2.05, 4.69) is 9.88 Å². The molecule has 1 fully saturated rings. The van der Waals surface area contributed by atoms with Gasteiger partial charge in [-0.25, -0.2) is 0 Å². The van der Waals surface area contributed by atoms with E-state index in [1.54, 1.807) is 11.0 Å². The fraction of sp³-hybridized carbons (Fsp3) is 0.368. The number of aromatic nitrogens is 1. The van der Waals surface area contributed by atoms with Crippen LogP contribution in [0.25, 0.3) is 0 Å². The summed E-state index contributed by atoms with van der Waals surface area (Å²) in [6, 6.07) is 9.00. The molecular formula is C19H22N4O4. The number of nitrogens with zero attached hydrogens (tertiary/aromatic N) is 4. The summed E-state index contributed by atoms with van der Waals surface area (Å²) < 4.78 is 5.70. The van der Waals surface area contributed by atoms with Gasteiger partial charge >= 0.3 is 5.82 Å². The summed E-state index contributed by atoms with van der Waals surface area (Å²) in [5.41, 5.74) is 2.91. The number of hydrogen-bond acceptors (Lipinski definition) is 6. The molecule has 8 heteroatoms. The van der Waals surface area contributed by atoms with Gasteiger partial charge in [-0.2, -0.15) is 0 Å². The minimum Gasteiger partial charge on any atom is -0.483 e. The topological polar surface area (TPSA) is 88.8 Å². The average molecular weight is 370 g/mol. The number of anilines is 1. The maximum absolute atomic E-state index is 12.4. The molecule has 2 heterocycles. The number of amides is 1. The summed E-state index contributed by atoms with van der Waals surface area (Å²) in [5.74, 6) is 0.521. The average Bonchev–Trinajstić information content (AvgIpc) is 2.68. The van der Waals surface area contributed by atoms with Crippen molar-refractivity contribution >= 4 is 17.4 Å². The van der Waals surface area contributed by atoms with E-state index in [4.69, 9.17) is 4.74 Å². The van der Waals surface area contributed by atoms with Gasteiger partial charge in [0, 0.05) is 32.2 Å². The zero-order valence-electron chi connectivity index (χ0n) is 15.4. The highest BCUT2D eigenvalue weighted by atomic mass is 16.6. The largest absolute Gasteiger partial charge is 0.483 e. The van der Waals surface area contributed by atoms with Gasteiger partial charge in [0.1, 0.15) is 5.75 Å². The van der Waals surface area contributed by atoms with Crippen molar-refractivity contribution in [3.05, 3.63) is 57.8 Å². The van der Waals surface area contributed by atoms with E-state index in [0.717, 1.165) is 22.6 Å². The fourth-order valence-corrected chi connectivity index (χ4v) is 2.98. The minimum atomic E-state index is -0.518. The van der Waals surface area contributed by atoms with Gasteiger partial charge < -0.3 is 24.7 Å². The molecule has 8 nitrogen and oxygen atoms in total. The van der Waals surface area contributed by atoms with Crippen molar-refractivity contribution in [3.63, 3.8) is 0 Å². The van der Waals surface area contributed by atoms with Crippen molar-refractivity contribution in [2.75, 3.05) is 37.7 Å². The Bertz CT molecular complexity index is 830. The first-order valence-corrected chi connectivity index (χ1v) is 8.77. The molecule has 1 aliphatic rings. The summed E-state index contributed by atoms with van der Waals surface area (Å²) in [6.07, 6.45) is 1.50. The molecule has 1 aromatic heterocycles. The number of hydrogen-bond donors (Lipinski definition) is 0. The lowest BCUT2D eigenvalue weighted by Crippen LogP contribution is -2.50. The van der Waals surface area contributed by atoms with E-state index in [9.17, 15) is 14.9 Å². The molecule has 0 aliphatic carbocycles.